The van der Waals surface area contributed by atoms with Crippen LogP contribution in [-0.4, -0.2) is 84.3 Å². The second-order valence-electron chi connectivity index (χ2n) is 9.21. The van der Waals surface area contributed by atoms with Crippen molar-refractivity contribution in [1.29, 1.82) is 0 Å². The Labute approximate surface area is 235 Å². The average molecular weight is 581 g/mol. The van der Waals surface area contributed by atoms with Crippen LogP contribution in [0.2, 0.25) is 10.0 Å². The van der Waals surface area contributed by atoms with Gasteiger partial charge in [-0.05, 0) is 41.5 Å². The summed E-state index contributed by atoms with van der Waals surface area (Å²) >= 11 is 12.4. The highest BCUT2D eigenvalue weighted by Gasteiger charge is 2.51. The van der Waals surface area contributed by atoms with Crippen LogP contribution in [0.5, 0.6) is 11.5 Å². The summed E-state index contributed by atoms with van der Waals surface area (Å²) in [4.78, 5) is 28.0. The third-order valence-corrected chi connectivity index (χ3v) is 7.39. The number of hydrogen-bond donors (Lipinski definition) is 4. The SMILES string of the molecule is COCC(=O)N(Cc1ccc(Cl)cc1Cl)[C@@H]1C=C(C(=O)NCCO)[C@@H]2c3cc(CO)cc(OC)c3O[C@@H]2[C@H]1O. The molecule has 210 valence electrons. The highest BCUT2D eigenvalue weighted by atomic mass is 35.5. The maximum Gasteiger partial charge on any atom is 0.249 e. The normalized spacial score (nSPS) is 21.4. The Morgan fingerprint density at radius 1 is 1.15 bits per heavy atom. The Bertz CT molecular complexity index is 1270. The fourth-order valence-corrected chi connectivity index (χ4v) is 5.49. The minimum absolute atomic E-state index is 0.00119. The predicted octanol–water partition coefficient (Wildman–Crippen LogP) is 1.79. The Morgan fingerprint density at radius 3 is 2.56 bits per heavy atom. The summed E-state index contributed by atoms with van der Waals surface area (Å²) in [6.07, 6.45) is -0.704. The van der Waals surface area contributed by atoms with Crippen LogP contribution in [0.25, 0.3) is 0 Å². The van der Waals surface area contributed by atoms with Gasteiger partial charge in [-0.3, -0.25) is 9.59 Å². The van der Waals surface area contributed by atoms with E-state index in [9.17, 15) is 24.9 Å². The Balaban J connectivity index is 1.82. The van der Waals surface area contributed by atoms with Gasteiger partial charge in [0.15, 0.2) is 11.5 Å². The maximum atomic E-state index is 13.4. The molecule has 12 heteroatoms. The molecule has 4 N–H and O–H groups in total. The van der Waals surface area contributed by atoms with E-state index in [1.807, 2.05) is 0 Å². The van der Waals surface area contributed by atoms with Gasteiger partial charge in [0.1, 0.15) is 18.8 Å². The first kappa shape index (κ1) is 29.1. The number of aliphatic hydroxyl groups excluding tert-OH is 3. The first-order chi connectivity index (χ1) is 18.7. The monoisotopic (exact) mass is 580 g/mol. The number of nitrogens with one attached hydrogen (secondary N) is 1. The summed E-state index contributed by atoms with van der Waals surface area (Å²) in [5.74, 6) is -1.01. The van der Waals surface area contributed by atoms with E-state index in [1.165, 1.54) is 25.2 Å². The minimum atomic E-state index is -1.27. The van der Waals surface area contributed by atoms with Gasteiger partial charge in [-0.25, -0.2) is 0 Å². The summed E-state index contributed by atoms with van der Waals surface area (Å²) in [5, 5.41) is 34.1. The number of halogens is 2. The van der Waals surface area contributed by atoms with Crippen LogP contribution in [-0.2, 0) is 27.5 Å². The minimum Gasteiger partial charge on any atom is -0.493 e. The van der Waals surface area contributed by atoms with Gasteiger partial charge in [0, 0.05) is 41.4 Å². The molecule has 2 aromatic rings. The lowest BCUT2D eigenvalue weighted by molar-refractivity contribution is -0.141. The molecule has 1 aliphatic heterocycles. The zero-order valence-electron chi connectivity index (χ0n) is 21.4. The Hall–Kier alpha value is -2.86. The van der Waals surface area contributed by atoms with Gasteiger partial charge >= 0.3 is 0 Å². The molecule has 4 atom stereocenters. The molecule has 2 aromatic carbocycles. The van der Waals surface area contributed by atoms with Gasteiger partial charge < -0.3 is 39.7 Å². The summed E-state index contributed by atoms with van der Waals surface area (Å²) in [6, 6.07) is 7.18. The molecule has 0 unspecified atom stereocenters. The van der Waals surface area contributed by atoms with E-state index in [2.05, 4.69) is 5.32 Å². The number of aliphatic hydroxyl groups is 3. The van der Waals surface area contributed by atoms with Gasteiger partial charge in [0.2, 0.25) is 11.8 Å². The maximum absolute atomic E-state index is 13.4. The number of carbonyl (C=O) groups is 2. The van der Waals surface area contributed by atoms with Gasteiger partial charge in [-0.2, -0.15) is 0 Å². The van der Waals surface area contributed by atoms with Crippen molar-refractivity contribution in [2.24, 2.45) is 0 Å². The zero-order chi connectivity index (χ0) is 28.3. The van der Waals surface area contributed by atoms with Crippen molar-refractivity contribution in [3.8, 4) is 11.5 Å². The third-order valence-electron chi connectivity index (χ3n) is 6.80. The van der Waals surface area contributed by atoms with Crippen molar-refractivity contribution in [2.45, 2.75) is 37.3 Å². The van der Waals surface area contributed by atoms with E-state index in [4.69, 9.17) is 37.4 Å². The van der Waals surface area contributed by atoms with E-state index in [1.54, 1.807) is 30.3 Å². The molecule has 0 saturated carbocycles. The number of ether oxygens (including phenoxy) is 3. The van der Waals surface area contributed by atoms with Crippen molar-refractivity contribution in [3.63, 3.8) is 0 Å². The quantitative estimate of drug-likeness (QED) is 0.334. The molecule has 2 aliphatic rings. The molecular formula is C27H30Cl2N2O8. The largest absolute Gasteiger partial charge is 0.493 e. The smallest absolute Gasteiger partial charge is 0.249 e. The van der Waals surface area contributed by atoms with Crippen LogP contribution >= 0.6 is 23.2 Å². The molecule has 10 nitrogen and oxygen atoms in total. The number of hydrogen-bond acceptors (Lipinski definition) is 8. The van der Waals surface area contributed by atoms with Crippen LogP contribution in [0.15, 0.2) is 42.0 Å². The second-order valence-corrected chi connectivity index (χ2v) is 10.1. The summed E-state index contributed by atoms with van der Waals surface area (Å²) in [7, 11) is 2.83. The van der Waals surface area contributed by atoms with Crippen molar-refractivity contribution in [2.75, 3.05) is 34.0 Å². The lowest BCUT2D eigenvalue weighted by atomic mass is 9.77. The average Bonchev–Trinajstić information content (AvgIpc) is 3.31. The van der Waals surface area contributed by atoms with Gasteiger partial charge in [0.25, 0.3) is 0 Å². The van der Waals surface area contributed by atoms with E-state index >= 15 is 0 Å². The predicted molar refractivity (Wildman–Crippen MR) is 143 cm³/mol. The van der Waals surface area contributed by atoms with Crippen LogP contribution in [0.3, 0.4) is 0 Å². The van der Waals surface area contributed by atoms with Crippen molar-refractivity contribution in [1.82, 2.24) is 10.2 Å². The highest BCUT2D eigenvalue weighted by molar-refractivity contribution is 6.35. The fourth-order valence-electron chi connectivity index (χ4n) is 5.02. The molecule has 0 spiro atoms. The number of rotatable bonds is 10. The first-order valence-corrected chi connectivity index (χ1v) is 13.0. The molecule has 4 rings (SSSR count). The molecule has 2 amide bonds. The Kier molecular flexibility index (Phi) is 9.37. The molecule has 0 fully saturated rings. The van der Waals surface area contributed by atoms with Crippen LogP contribution in [0, 0.1) is 0 Å². The number of fused-ring (bicyclic) bond motifs is 3. The van der Waals surface area contributed by atoms with Gasteiger partial charge in [-0.1, -0.05) is 29.3 Å². The molecule has 1 aliphatic carbocycles. The van der Waals surface area contributed by atoms with Gasteiger partial charge in [0.05, 0.1) is 32.3 Å². The van der Waals surface area contributed by atoms with Crippen LogP contribution in [0.4, 0.5) is 0 Å². The number of nitrogens with zero attached hydrogens (tertiary/aromatic N) is 1. The van der Waals surface area contributed by atoms with Crippen LogP contribution < -0.4 is 14.8 Å². The number of methoxy groups -OCH3 is 2. The topological polar surface area (TPSA) is 138 Å². The fraction of sp³-hybridized carbons (Fsp3) is 0.407. The van der Waals surface area contributed by atoms with Gasteiger partial charge in [-0.15, -0.1) is 0 Å². The third kappa shape index (κ3) is 5.86. The summed E-state index contributed by atoms with van der Waals surface area (Å²) in [6.45, 7) is -0.839. The summed E-state index contributed by atoms with van der Waals surface area (Å²) < 4.78 is 16.8. The molecule has 39 heavy (non-hydrogen) atoms. The van der Waals surface area contributed by atoms with Crippen molar-refractivity contribution < 1.29 is 39.1 Å². The molecule has 0 radical (unpaired) electrons. The van der Waals surface area contributed by atoms with Crippen molar-refractivity contribution in [3.05, 3.63) is 68.7 Å². The lowest BCUT2D eigenvalue weighted by Gasteiger charge is -2.40. The highest BCUT2D eigenvalue weighted by Crippen LogP contribution is 2.51. The van der Waals surface area contributed by atoms with E-state index < -0.39 is 36.0 Å². The Morgan fingerprint density at radius 2 is 1.92 bits per heavy atom. The molecule has 0 aromatic heterocycles. The lowest BCUT2D eigenvalue weighted by Crippen LogP contribution is -2.56. The van der Waals surface area contributed by atoms with Crippen LogP contribution in [0.1, 0.15) is 22.6 Å². The van der Waals surface area contributed by atoms with Crippen molar-refractivity contribution >= 4 is 35.0 Å². The summed E-state index contributed by atoms with van der Waals surface area (Å²) in [5.41, 5.74) is 1.90. The standard InChI is InChI=1S/C27H30Cl2N2O8/c1-37-13-22(34)31(11-15-3-4-16(28)9-19(15)29)20-10-18(27(36)30-5-6-32)23-17-7-14(12-33)8-21(38-2)25(17)39-26(23)24(20)35/h3-4,7-10,20,23-24,26,32-33,35H,5-6,11-13H2,1-2H3,(H,30,36)/t20-,23+,24+,26+/m1/s1. The molecule has 0 saturated heterocycles. The van der Waals surface area contributed by atoms with E-state index in [0.717, 1.165) is 0 Å². The first-order valence-electron chi connectivity index (χ1n) is 12.2. The number of amides is 2. The van der Waals surface area contributed by atoms with E-state index in [0.29, 0.717) is 38.2 Å². The molecule has 1 heterocycles. The van der Waals surface area contributed by atoms with E-state index in [-0.39, 0.29) is 38.5 Å². The molecule has 0 bridgehead atoms. The number of benzene rings is 2. The second kappa shape index (κ2) is 12.5. The number of carbonyl (C=O) groups excluding carboxylic acids is 2. The zero-order valence-corrected chi connectivity index (χ0v) is 22.9. The molecular weight excluding hydrogens is 551 g/mol.